The minimum Gasteiger partial charge on any atom is -0.472 e. The largest absolute Gasteiger partial charge is 0.472 e. The lowest BCUT2D eigenvalue weighted by molar-refractivity contribution is -0.137. The fraction of sp³-hybridized carbons (Fsp3) is 0.240. The number of alkyl halides is 3. The van der Waals surface area contributed by atoms with Crippen LogP contribution in [0.25, 0.3) is 0 Å². The van der Waals surface area contributed by atoms with Gasteiger partial charge in [0.25, 0.3) is 11.8 Å². The molecular formula is C25H22F3N3O4. The molecule has 0 radical (unpaired) electrons. The lowest BCUT2D eigenvalue weighted by Gasteiger charge is -2.31. The number of para-hydroxylation sites is 1. The van der Waals surface area contributed by atoms with Crippen molar-refractivity contribution in [1.82, 2.24) is 4.90 Å². The maximum absolute atomic E-state index is 13.0. The minimum atomic E-state index is -4.54. The quantitative estimate of drug-likeness (QED) is 0.530. The number of carbonyl (C=O) groups excluding carboxylic acids is 3. The third kappa shape index (κ3) is 5.71. The SMILES string of the molecule is O=C(Nc1cccc(C(F)(F)F)c1)c1ccccc1NC(=O)C1CCN(C(=O)c2ccoc2)CC1. The molecule has 4 rings (SSSR count). The van der Waals surface area contributed by atoms with Crippen molar-refractivity contribution in [3.8, 4) is 0 Å². The van der Waals surface area contributed by atoms with E-state index in [0.29, 0.717) is 31.5 Å². The van der Waals surface area contributed by atoms with E-state index >= 15 is 0 Å². The number of benzene rings is 2. The summed E-state index contributed by atoms with van der Waals surface area (Å²) in [5.74, 6) is -1.46. The highest BCUT2D eigenvalue weighted by molar-refractivity contribution is 6.10. The van der Waals surface area contributed by atoms with E-state index in [-0.39, 0.29) is 34.7 Å². The van der Waals surface area contributed by atoms with Crippen LogP contribution in [0.2, 0.25) is 0 Å². The van der Waals surface area contributed by atoms with Crippen molar-refractivity contribution in [3.63, 3.8) is 0 Å². The number of halogens is 3. The zero-order valence-corrected chi connectivity index (χ0v) is 18.5. The molecule has 0 spiro atoms. The fourth-order valence-electron chi connectivity index (χ4n) is 3.91. The highest BCUT2D eigenvalue weighted by Gasteiger charge is 2.31. The third-order valence-electron chi connectivity index (χ3n) is 5.80. The molecule has 35 heavy (non-hydrogen) atoms. The molecule has 1 saturated heterocycles. The van der Waals surface area contributed by atoms with Gasteiger partial charge >= 0.3 is 6.18 Å². The van der Waals surface area contributed by atoms with E-state index < -0.39 is 17.6 Å². The van der Waals surface area contributed by atoms with Gasteiger partial charge in [0.05, 0.1) is 28.6 Å². The van der Waals surface area contributed by atoms with Crippen LogP contribution >= 0.6 is 0 Å². The van der Waals surface area contributed by atoms with Crippen LogP contribution in [0.15, 0.2) is 71.5 Å². The first kappa shape index (κ1) is 24.1. The molecule has 0 atom stereocenters. The number of likely N-dealkylation sites (tertiary alicyclic amines) is 1. The average Bonchev–Trinajstić information content (AvgIpc) is 3.39. The summed E-state index contributed by atoms with van der Waals surface area (Å²) in [7, 11) is 0. The van der Waals surface area contributed by atoms with Crippen molar-refractivity contribution in [1.29, 1.82) is 0 Å². The molecule has 1 aliphatic rings. The van der Waals surface area contributed by atoms with Gasteiger partial charge in [-0.3, -0.25) is 14.4 Å². The number of nitrogens with zero attached hydrogens (tertiary/aromatic N) is 1. The predicted octanol–water partition coefficient (Wildman–Crippen LogP) is 5.04. The molecule has 3 aromatic rings. The number of rotatable bonds is 5. The summed E-state index contributed by atoms with van der Waals surface area (Å²) < 4.78 is 43.8. The standard InChI is InChI=1S/C25H22F3N3O4/c26-25(27,28)18-4-3-5-19(14-18)29-23(33)20-6-1-2-7-21(20)30-22(32)16-8-11-31(12-9-16)24(34)17-10-13-35-15-17/h1-7,10,13-16H,8-9,11-12H2,(H,29,33)(H,30,32). The van der Waals surface area contributed by atoms with Gasteiger partial charge in [0.15, 0.2) is 0 Å². The number of amides is 3. The van der Waals surface area contributed by atoms with Gasteiger partial charge in [-0.1, -0.05) is 18.2 Å². The normalized spacial score (nSPS) is 14.4. The first-order valence-corrected chi connectivity index (χ1v) is 10.9. The van der Waals surface area contributed by atoms with Gasteiger partial charge < -0.3 is 20.0 Å². The fourth-order valence-corrected chi connectivity index (χ4v) is 3.91. The molecule has 2 heterocycles. The van der Waals surface area contributed by atoms with Crippen LogP contribution in [0.1, 0.15) is 39.1 Å². The summed E-state index contributed by atoms with van der Waals surface area (Å²) in [6, 6.07) is 12.2. The monoisotopic (exact) mass is 485 g/mol. The van der Waals surface area contributed by atoms with Crippen LogP contribution in [0, 0.1) is 5.92 Å². The van der Waals surface area contributed by atoms with Crippen molar-refractivity contribution in [2.24, 2.45) is 5.92 Å². The van der Waals surface area contributed by atoms with Crippen molar-refractivity contribution in [2.45, 2.75) is 19.0 Å². The Morgan fingerprint density at radius 2 is 1.69 bits per heavy atom. The minimum absolute atomic E-state index is 0.0133. The molecule has 7 nitrogen and oxygen atoms in total. The summed E-state index contributed by atoms with van der Waals surface area (Å²) in [5, 5.41) is 5.21. The van der Waals surface area contributed by atoms with Gasteiger partial charge in [-0.05, 0) is 49.2 Å². The maximum atomic E-state index is 13.0. The topological polar surface area (TPSA) is 91.7 Å². The zero-order chi connectivity index (χ0) is 25.0. The second-order valence-electron chi connectivity index (χ2n) is 8.15. The number of hydrogen-bond acceptors (Lipinski definition) is 4. The van der Waals surface area contributed by atoms with Crippen molar-refractivity contribution in [3.05, 3.63) is 83.8 Å². The Labute approximate surface area is 198 Å². The number of furan rings is 1. The highest BCUT2D eigenvalue weighted by Crippen LogP contribution is 2.31. The lowest BCUT2D eigenvalue weighted by Crippen LogP contribution is -2.41. The van der Waals surface area contributed by atoms with Gasteiger partial charge in [0.1, 0.15) is 6.26 Å². The molecule has 10 heteroatoms. The molecule has 182 valence electrons. The number of carbonyl (C=O) groups is 3. The number of nitrogens with one attached hydrogen (secondary N) is 2. The summed E-state index contributed by atoms with van der Waals surface area (Å²) in [5.41, 5.74) is -0.0755. The lowest BCUT2D eigenvalue weighted by atomic mass is 9.95. The van der Waals surface area contributed by atoms with Crippen LogP contribution in [-0.2, 0) is 11.0 Å². The van der Waals surface area contributed by atoms with E-state index in [1.165, 1.54) is 30.7 Å². The van der Waals surface area contributed by atoms with Gasteiger partial charge in [0.2, 0.25) is 5.91 Å². The van der Waals surface area contributed by atoms with Crippen LogP contribution in [0.4, 0.5) is 24.5 Å². The van der Waals surface area contributed by atoms with Crippen molar-refractivity contribution < 1.29 is 32.0 Å². The molecule has 0 aliphatic carbocycles. The second-order valence-corrected chi connectivity index (χ2v) is 8.15. The molecule has 1 aliphatic heterocycles. The van der Waals surface area contributed by atoms with E-state index in [0.717, 1.165) is 12.1 Å². The molecule has 1 fully saturated rings. The van der Waals surface area contributed by atoms with Crippen LogP contribution in [-0.4, -0.2) is 35.7 Å². The van der Waals surface area contributed by atoms with Gasteiger partial charge in [-0.25, -0.2) is 0 Å². The molecule has 0 saturated carbocycles. The van der Waals surface area contributed by atoms with E-state index in [1.807, 2.05) is 0 Å². The first-order chi connectivity index (χ1) is 16.7. The van der Waals surface area contributed by atoms with E-state index in [2.05, 4.69) is 10.6 Å². The van der Waals surface area contributed by atoms with Crippen molar-refractivity contribution >= 4 is 29.1 Å². The summed E-state index contributed by atoms with van der Waals surface area (Å²) in [6.07, 6.45) is -0.829. The molecule has 0 unspecified atom stereocenters. The average molecular weight is 485 g/mol. The van der Waals surface area contributed by atoms with Gasteiger partial charge in [-0.15, -0.1) is 0 Å². The van der Waals surface area contributed by atoms with E-state index in [9.17, 15) is 27.6 Å². The molecule has 1 aromatic heterocycles. The van der Waals surface area contributed by atoms with Gasteiger partial charge in [0, 0.05) is 24.7 Å². The van der Waals surface area contributed by atoms with E-state index in [4.69, 9.17) is 4.42 Å². The second kappa shape index (κ2) is 10.0. The maximum Gasteiger partial charge on any atom is 0.416 e. The molecular weight excluding hydrogens is 463 g/mol. The van der Waals surface area contributed by atoms with Crippen molar-refractivity contribution in [2.75, 3.05) is 23.7 Å². The number of hydrogen-bond donors (Lipinski definition) is 2. The molecule has 2 N–H and O–H groups in total. The molecule has 3 amide bonds. The van der Waals surface area contributed by atoms with Crippen LogP contribution < -0.4 is 10.6 Å². The Hall–Kier alpha value is -4.08. The molecule has 2 aromatic carbocycles. The Kier molecular flexibility index (Phi) is 6.90. The van der Waals surface area contributed by atoms with Crippen LogP contribution in [0.5, 0.6) is 0 Å². The predicted molar refractivity (Wildman–Crippen MR) is 122 cm³/mol. The summed E-state index contributed by atoms with van der Waals surface area (Å²) >= 11 is 0. The van der Waals surface area contributed by atoms with Gasteiger partial charge in [-0.2, -0.15) is 13.2 Å². The zero-order valence-electron chi connectivity index (χ0n) is 18.5. The summed E-state index contributed by atoms with van der Waals surface area (Å²) in [6.45, 7) is 0.805. The third-order valence-corrected chi connectivity index (χ3v) is 5.80. The van der Waals surface area contributed by atoms with Crippen LogP contribution in [0.3, 0.4) is 0 Å². The van der Waals surface area contributed by atoms with E-state index in [1.54, 1.807) is 29.2 Å². The number of anilines is 2. The molecule has 0 bridgehead atoms. The Morgan fingerprint density at radius 3 is 2.37 bits per heavy atom. The summed E-state index contributed by atoms with van der Waals surface area (Å²) in [4.78, 5) is 39.8. The first-order valence-electron chi connectivity index (χ1n) is 10.9. The number of piperidine rings is 1. The smallest absolute Gasteiger partial charge is 0.416 e. The Bertz CT molecular complexity index is 1220. The highest BCUT2D eigenvalue weighted by atomic mass is 19.4. The Morgan fingerprint density at radius 1 is 0.943 bits per heavy atom. The Balaban J connectivity index is 1.39.